The van der Waals surface area contributed by atoms with Gasteiger partial charge in [-0.3, -0.25) is 0 Å². The summed E-state index contributed by atoms with van der Waals surface area (Å²) in [7, 11) is 2.53. The van der Waals surface area contributed by atoms with Gasteiger partial charge in [0.15, 0.2) is 0 Å². The molecule has 3 rings (SSSR count). The maximum atomic E-state index is 11.9. The third-order valence-corrected chi connectivity index (χ3v) is 4.64. The second kappa shape index (κ2) is 7.27. The zero-order valence-electron chi connectivity index (χ0n) is 14.1. The molecule has 1 N–H and O–H groups in total. The normalized spacial score (nSPS) is 10.6. The van der Waals surface area contributed by atoms with Crippen molar-refractivity contribution in [2.24, 2.45) is 0 Å². The number of nitrogens with zero attached hydrogens (tertiary/aromatic N) is 2. The van der Waals surface area contributed by atoms with Crippen LogP contribution in [0.1, 0.15) is 25.6 Å². The van der Waals surface area contributed by atoms with Crippen molar-refractivity contribution >= 4 is 56.6 Å². The first-order valence-electron chi connectivity index (χ1n) is 7.43. The summed E-state index contributed by atoms with van der Waals surface area (Å²) < 4.78 is 9.48. The molecule has 3 aromatic rings. The lowest BCUT2D eigenvalue weighted by molar-refractivity contribution is 0.0599. The minimum atomic E-state index is -0.573. The highest BCUT2D eigenvalue weighted by molar-refractivity contribution is 7.18. The number of halogens is 1. The van der Waals surface area contributed by atoms with Crippen LogP contribution in [0.5, 0.6) is 0 Å². The Morgan fingerprint density at radius 1 is 1.04 bits per heavy atom. The number of benzene rings is 1. The summed E-state index contributed by atoms with van der Waals surface area (Å²) in [6.07, 6.45) is 0. The molecule has 0 aliphatic carbocycles. The number of hydrogen-bond donors (Lipinski definition) is 1. The molecule has 26 heavy (non-hydrogen) atoms. The van der Waals surface area contributed by atoms with Gasteiger partial charge in [-0.05, 0) is 42.8 Å². The molecule has 0 spiro atoms. The number of carbonyl (C=O) groups is 2. The Kier molecular flexibility index (Phi) is 5.06. The number of esters is 2. The molecule has 0 fully saturated rings. The van der Waals surface area contributed by atoms with E-state index in [0.29, 0.717) is 11.5 Å². The molecule has 2 heterocycles. The lowest BCUT2D eigenvalue weighted by atomic mass is 10.1. The van der Waals surface area contributed by atoms with Crippen LogP contribution in [0.25, 0.3) is 10.2 Å². The molecule has 0 amide bonds. The van der Waals surface area contributed by atoms with Crippen LogP contribution in [-0.4, -0.2) is 36.1 Å². The summed E-state index contributed by atoms with van der Waals surface area (Å²) in [6, 6.07) is 6.45. The number of ether oxygens (including phenoxy) is 2. The van der Waals surface area contributed by atoms with Gasteiger partial charge in [-0.25, -0.2) is 14.6 Å². The van der Waals surface area contributed by atoms with Crippen LogP contribution in [-0.2, 0) is 9.47 Å². The zero-order valence-corrected chi connectivity index (χ0v) is 15.7. The lowest BCUT2D eigenvalue weighted by Gasteiger charge is -2.10. The molecule has 1 aromatic carbocycles. The summed E-state index contributed by atoms with van der Waals surface area (Å²) in [6.45, 7) is 1.96. The first-order chi connectivity index (χ1) is 12.4. The van der Waals surface area contributed by atoms with E-state index in [-0.39, 0.29) is 16.4 Å². The number of thiophene rings is 1. The fraction of sp³-hybridized carbons (Fsp3) is 0.176. The van der Waals surface area contributed by atoms with Gasteiger partial charge in [0.05, 0.1) is 30.7 Å². The molecule has 7 nitrogen and oxygen atoms in total. The molecule has 0 bridgehead atoms. The van der Waals surface area contributed by atoms with Crippen LogP contribution < -0.4 is 5.32 Å². The summed E-state index contributed by atoms with van der Waals surface area (Å²) in [5.41, 5.74) is 0.875. The fourth-order valence-corrected chi connectivity index (χ4v) is 3.52. The van der Waals surface area contributed by atoms with Gasteiger partial charge in [0.25, 0.3) is 0 Å². The van der Waals surface area contributed by atoms with E-state index in [2.05, 4.69) is 15.3 Å². The number of aryl methyl sites for hydroxylation is 1. The predicted octanol–water partition coefficient (Wildman–Crippen LogP) is 3.97. The molecule has 9 heteroatoms. The molecule has 0 atom stereocenters. The van der Waals surface area contributed by atoms with Crippen LogP contribution >= 0.6 is 22.9 Å². The van der Waals surface area contributed by atoms with Crippen molar-refractivity contribution in [2.75, 3.05) is 19.5 Å². The quantitative estimate of drug-likeness (QED) is 0.531. The third kappa shape index (κ3) is 3.61. The van der Waals surface area contributed by atoms with Crippen LogP contribution in [0.15, 0.2) is 24.3 Å². The van der Waals surface area contributed by atoms with E-state index in [1.807, 2.05) is 13.0 Å². The largest absolute Gasteiger partial charge is 0.465 e. The van der Waals surface area contributed by atoms with Gasteiger partial charge in [-0.2, -0.15) is 4.98 Å². The number of aromatic nitrogens is 2. The van der Waals surface area contributed by atoms with Gasteiger partial charge in [0.2, 0.25) is 5.28 Å². The Hall–Kier alpha value is -2.71. The van der Waals surface area contributed by atoms with Gasteiger partial charge < -0.3 is 14.8 Å². The number of nitrogens with one attached hydrogen (secondary N) is 1. The predicted molar refractivity (Wildman–Crippen MR) is 99.6 cm³/mol. The highest BCUT2D eigenvalue weighted by Crippen LogP contribution is 2.31. The van der Waals surface area contributed by atoms with Crippen LogP contribution in [0.2, 0.25) is 5.28 Å². The van der Waals surface area contributed by atoms with E-state index in [9.17, 15) is 9.59 Å². The number of methoxy groups -OCH3 is 2. The van der Waals surface area contributed by atoms with Crippen molar-refractivity contribution in [3.05, 3.63) is 45.6 Å². The number of carbonyl (C=O) groups excluding carboxylic acids is 2. The van der Waals surface area contributed by atoms with Crippen molar-refractivity contribution < 1.29 is 19.1 Å². The lowest BCUT2D eigenvalue weighted by Crippen LogP contribution is -2.08. The van der Waals surface area contributed by atoms with Gasteiger partial charge in [0, 0.05) is 10.6 Å². The zero-order chi connectivity index (χ0) is 18.8. The van der Waals surface area contributed by atoms with E-state index in [4.69, 9.17) is 21.1 Å². The Labute approximate surface area is 157 Å². The van der Waals surface area contributed by atoms with Gasteiger partial charge in [-0.15, -0.1) is 11.3 Å². The highest BCUT2D eigenvalue weighted by Gasteiger charge is 2.16. The van der Waals surface area contributed by atoms with Crippen LogP contribution in [0.3, 0.4) is 0 Å². The van der Waals surface area contributed by atoms with Gasteiger partial charge in [0.1, 0.15) is 10.6 Å². The van der Waals surface area contributed by atoms with Crippen molar-refractivity contribution in [3.63, 3.8) is 0 Å². The van der Waals surface area contributed by atoms with Crippen molar-refractivity contribution in [3.8, 4) is 0 Å². The smallest absolute Gasteiger partial charge is 0.337 e. The molecule has 134 valence electrons. The molecule has 0 saturated heterocycles. The second-order valence-corrected chi connectivity index (χ2v) is 6.90. The molecule has 0 unspecified atom stereocenters. The first-order valence-corrected chi connectivity index (χ1v) is 8.63. The fourth-order valence-electron chi connectivity index (χ4n) is 2.42. The second-order valence-electron chi connectivity index (χ2n) is 5.32. The van der Waals surface area contributed by atoms with E-state index >= 15 is 0 Å². The Balaban J connectivity index is 2.09. The number of rotatable bonds is 4. The number of anilines is 2. The highest BCUT2D eigenvalue weighted by atomic mass is 35.5. The van der Waals surface area contributed by atoms with Crippen molar-refractivity contribution in [1.29, 1.82) is 0 Å². The van der Waals surface area contributed by atoms with Crippen LogP contribution in [0.4, 0.5) is 11.5 Å². The minimum absolute atomic E-state index is 0.0964. The maximum absolute atomic E-state index is 11.9. The van der Waals surface area contributed by atoms with Crippen molar-refractivity contribution in [2.45, 2.75) is 6.92 Å². The topological polar surface area (TPSA) is 90.4 Å². The first kappa shape index (κ1) is 18.1. The maximum Gasteiger partial charge on any atom is 0.337 e. The van der Waals surface area contributed by atoms with E-state index < -0.39 is 11.9 Å². The van der Waals surface area contributed by atoms with Gasteiger partial charge in [-0.1, -0.05) is 0 Å². The summed E-state index contributed by atoms with van der Waals surface area (Å²) in [5.74, 6) is -0.672. The average Bonchev–Trinajstić information content (AvgIpc) is 3.00. The van der Waals surface area contributed by atoms with Crippen molar-refractivity contribution in [1.82, 2.24) is 9.97 Å². The number of hydrogen-bond acceptors (Lipinski definition) is 8. The standard InChI is InChI=1S/C17H14ClN3O4S/c1-8-4-12-13(20-17(18)21-14(12)26-8)19-11-6-9(15(22)24-2)5-10(7-11)16(23)25-3/h4-7H,1-3H3,(H,19,20,21). The Morgan fingerprint density at radius 3 is 2.23 bits per heavy atom. The molecule has 2 aromatic heterocycles. The Morgan fingerprint density at radius 2 is 1.65 bits per heavy atom. The van der Waals surface area contributed by atoms with Crippen LogP contribution in [0, 0.1) is 6.92 Å². The molecular formula is C17H14ClN3O4S. The molecule has 0 saturated carbocycles. The molecule has 0 aliphatic heterocycles. The third-order valence-electron chi connectivity index (χ3n) is 3.53. The monoisotopic (exact) mass is 391 g/mol. The average molecular weight is 392 g/mol. The minimum Gasteiger partial charge on any atom is -0.465 e. The SMILES string of the molecule is COC(=O)c1cc(Nc2nc(Cl)nc3sc(C)cc23)cc(C(=O)OC)c1. The molecule has 0 radical (unpaired) electrons. The summed E-state index contributed by atoms with van der Waals surface area (Å²) in [5, 5.41) is 3.98. The summed E-state index contributed by atoms with van der Waals surface area (Å²) >= 11 is 7.49. The Bertz CT molecular complexity index is 984. The molecular weight excluding hydrogens is 378 g/mol. The summed E-state index contributed by atoms with van der Waals surface area (Å²) in [4.78, 5) is 34.0. The van der Waals surface area contributed by atoms with E-state index in [1.54, 1.807) is 12.1 Å². The molecule has 0 aliphatic rings. The van der Waals surface area contributed by atoms with Gasteiger partial charge >= 0.3 is 11.9 Å². The number of fused-ring (bicyclic) bond motifs is 1. The van der Waals surface area contributed by atoms with E-state index in [1.165, 1.54) is 31.6 Å². The van der Waals surface area contributed by atoms with E-state index in [0.717, 1.165) is 15.1 Å².